The predicted octanol–water partition coefficient (Wildman–Crippen LogP) is 4.33. The van der Waals surface area contributed by atoms with Crippen LogP contribution in [-0.2, 0) is 6.42 Å². The lowest BCUT2D eigenvalue weighted by molar-refractivity contribution is 0.171. The van der Waals surface area contributed by atoms with Crippen LogP contribution in [0.3, 0.4) is 0 Å². The molecule has 0 aliphatic rings. The molecule has 2 atom stereocenters. The summed E-state index contributed by atoms with van der Waals surface area (Å²) in [5.74, 6) is 0.687. The summed E-state index contributed by atoms with van der Waals surface area (Å²) in [6.07, 6.45) is 0.692. The summed E-state index contributed by atoms with van der Waals surface area (Å²) < 4.78 is 0. The van der Waals surface area contributed by atoms with Gasteiger partial charge in [-0.25, -0.2) is 0 Å². The van der Waals surface area contributed by atoms with Crippen LogP contribution in [0.4, 0.5) is 0 Å². The fourth-order valence-corrected chi connectivity index (χ4v) is 3.11. The van der Waals surface area contributed by atoms with Crippen LogP contribution in [0.5, 0.6) is 0 Å². The Balaban J connectivity index is 1.86. The van der Waals surface area contributed by atoms with Gasteiger partial charge in [0.05, 0.1) is 6.10 Å². The summed E-state index contributed by atoms with van der Waals surface area (Å²) in [6.45, 7) is 7.19. The molecular weight excluding hydrogens is 278 g/mol. The minimum absolute atomic E-state index is 0.242. The summed E-state index contributed by atoms with van der Waals surface area (Å²) in [7, 11) is 0. The molecule has 2 rings (SSSR count). The van der Waals surface area contributed by atoms with Crippen molar-refractivity contribution in [3.8, 4) is 0 Å². The van der Waals surface area contributed by atoms with E-state index in [1.165, 1.54) is 11.1 Å². The van der Waals surface area contributed by atoms with Crippen LogP contribution in [0.15, 0.2) is 41.1 Å². The molecule has 2 unspecified atom stereocenters. The smallest absolute Gasteiger partial charge is 0.0922 e. The third-order valence-corrected chi connectivity index (χ3v) is 4.37. The van der Waals surface area contributed by atoms with Gasteiger partial charge in [0.25, 0.3) is 0 Å². The molecule has 21 heavy (non-hydrogen) atoms. The van der Waals surface area contributed by atoms with Crippen LogP contribution in [0.2, 0.25) is 0 Å². The quantitative estimate of drug-likeness (QED) is 0.798. The van der Waals surface area contributed by atoms with Crippen molar-refractivity contribution in [1.29, 1.82) is 0 Å². The first-order chi connectivity index (χ1) is 10.1. The minimum atomic E-state index is -0.432. The Bertz CT molecular complexity index is 519. The van der Waals surface area contributed by atoms with Crippen LogP contribution in [0.1, 0.15) is 49.6 Å². The summed E-state index contributed by atoms with van der Waals surface area (Å²) >= 11 is 1.62. The van der Waals surface area contributed by atoms with E-state index in [4.69, 9.17) is 0 Å². The first-order valence-electron chi connectivity index (χ1n) is 7.58. The molecule has 0 saturated carbocycles. The predicted molar refractivity (Wildman–Crippen MR) is 90.7 cm³/mol. The summed E-state index contributed by atoms with van der Waals surface area (Å²) in [5.41, 5.74) is 3.64. The van der Waals surface area contributed by atoms with E-state index in [0.29, 0.717) is 12.5 Å². The van der Waals surface area contributed by atoms with Gasteiger partial charge in [0.2, 0.25) is 0 Å². The lowest BCUT2D eigenvalue weighted by Gasteiger charge is -2.17. The second kappa shape index (κ2) is 7.74. The Morgan fingerprint density at radius 3 is 2.33 bits per heavy atom. The number of hydrogen-bond acceptors (Lipinski definition) is 3. The maximum absolute atomic E-state index is 10.1. The molecule has 0 bridgehead atoms. The fraction of sp³-hybridized carbons (Fsp3) is 0.444. The van der Waals surface area contributed by atoms with Gasteiger partial charge < -0.3 is 10.4 Å². The Labute approximate surface area is 131 Å². The molecule has 0 radical (unpaired) electrons. The van der Waals surface area contributed by atoms with Crippen molar-refractivity contribution in [2.45, 2.75) is 39.3 Å². The maximum atomic E-state index is 10.1. The first-order valence-corrected chi connectivity index (χ1v) is 8.53. The Hall–Kier alpha value is -1.16. The minimum Gasteiger partial charge on any atom is -0.387 e. The molecule has 0 saturated heterocycles. The molecule has 2 nitrogen and oxygen atoms in total. The van der Waals surface area contributed by atoms with E-state index in [0.717, 1.165) is 12.0 Å². The van der Waals surface area contributed by atoms with Gasteiger partial charge in [-0.2, -0.15) is 11.3 Å². The SMILES string of the molecule is CC(C)Cc1ccc(C(C)NCC(O)c2ccsc2)cc1. The number of aliphatic hydroxyl groups excluding tert-OH is 1. The van der Waals surface area contributed by atoms with Gasteiger partial charge >= 0.3 is 0 Å². The van der Waals surface area contributed by atoms with Crippen molar-refractivity contribution >= 4 is 11.3 Å². The molecule has 0 aliphatic heterocycles. The highest BCUT2D eigenvalue weighted by molar-refractivity contribution is 7.07. The first kappa shape index (κ1) is 16.2. The van der Waals surface area contributed by atoms with E-state index in [-0.39, 0.29) is 6.04 Å². The van der Waals surface area contributed by atoms with E-state index in [1.807, 2.05) is 16.8 Å². The topological polar surface area (TPSA) is 32.3 Å². The van der Waals surface area contributed by atoms with Crippen LogP contribution >= 0.6 is 11.3 Å². The van der Waals surface area contributed by atoms with Crippen LogP contribution < -0.4 is 5.32 Å². The summed E-state index contributed by atoms with van der Waals surface area (Å²) in [5, 5.41) is 17.5. The van der Waals surface area contributed by atoms with E-state index >= 15 is 0 Å². The van der Waals surface area contributed by atoms with Gasteiger partial charge in [-0.15, -0.1) is 0 Å². The third-order valence-electron chi connectivity index (χ3n) is 3.67. The number of thiophene rings is 1. The maximum Gasteiger partial charge on any atom is 0.0922 e. The van der Waals surface area contributed by atoms with Crippen molar-refractivity contribution in [1.82, 2.24) is 5.32 Å². The lowest BCUT2D eigenvalue weighted by Crippen LogP contribution is -2.24. The highest BCUT2D eigenvalue weighted by Gasteiger charge is 2.11. The second-order valence-electron chi connectivity index (χ2n) is 6.04. The molecule has 0 aliphatic carbocycles. The Morgan fingerprint density at radius 2 is 1.76 bits per heavy atom. The van der Waals surface area contributed by atoms with E-state index in [9.17, 15) is 5.11 Å². The number of rotatable bonds is 7. The standard InChI is InChI=1S/C18H25NOS/c1-13(2)10-15-4-6-16(7-5-15)14(3)19-11-18(20)17-8-9-21-12-17/h4-9,12-14,18-20H,10-11H2,1-3H3. The summed E-state index contributed by atoms with van der Waals surface area (Å²) in [4.78, 5) is 0. The van der Waals surface area contributed by atoms with Crippen molar-refractivity contribution in [2.75, 3.05) is 6.54 Å². The molecule has 1 aromatic heterocycles. The Kier molecular flexibility index (Phi) is 5.97. The van der Waals surface area contributed by atoms with Gasteiger partial charge in [-0.05, 0) is 52.8 Å². The molecule has 0 amide bonds. The molecule has 1 aromatic carbocycles. The normalized spacial score (nSPS) is 14.3. The summed E-state index contributed by atoms with van der Waals surface area (Å²) in [6, 6.07) is 11.0. The molecule has 114 valence electrons. The molecule has 0 fully saturated rings. The molecule has 2 aromatic rings. The average Bonchev–Trinajstić information content (AvgIpc) is 2.99. The van der Waals surface area contributed by atoms with Crippen molar-refractivity contribution in [3.63, 3.8) is 0 Å². The van der Waals surface area contributed by atoms with Gasteiger partial charge in [0.15, 0.2) is 0 Å². The molecule has 0 spiro atoms. The van der Waals surface area contributed by atoms with E-state index in [2.05, 4.69) is 50.4 Å². The largest absolute Gasteiger partial charge is 0.387 e. The van der Waals surface area contributed by atoms with Crippen molar-refractivity contribution < 1.29 is 5.11 Å². The average molecular weight is 303 g/mol. The zero-order valence-electron chi connectivity index (χ0n) is 13.0. The highest BCUT2D eigenvalue weighted by Crippen LogP contribution is 2.18. The van der Waals surface area contributed by atoms with Gasteiger partial charge in [0, 0.05) is 12.6 Å². The van der Waals surface area contributed by atoms with Crippen LogP contribution in [-0.4, -0.2) is 11.7 Å². The zero-order valence-corrected chi connectivity index (χ0v) is 13.9. The molecule has 1 heterocycles. The number of aliphatic hydroxyl groups is 1. The monoisotopic (exact) mass is 303 g/mol. The fourth-order valence-electron chi connectivity index (χ4n) is 2.40. The lowest BCUT2D eigenvalue weighted by atomic mass is 10.00. The zero-order chi connectivity index (χ0) is 15.2. The van der Waals surface area contributed by atoms with Crippen LogP contribution in [0, 0.1) is 5.92 Å². The molecule has 3 heteroatoms. The van der Waals surface area contributed by atoms with E-state index in [1.54, 1.807) is 11.3 Å². The third kappa shape index (κ3) is 4.95. The number of benzene rings is 1. The van der Waals surface area contributed by atoms with E-state index < -0.39 is 6.10 Å². The number of hydrogen-bond donors (Lipinski definition) is 2. The molecule has 2 N–H and O–H groups in total. The van der Waals surface area contributed by atoms with Gasteiger partial charge in [-0.1, -0.05) is 38.1 Å². The van der Waals surface area contributed by atoms with Crippen molar-refractivity contribution in [3.05, 3.63) is 57.8 Å². The van der Waals surface area contributed by atoms with Gasteiger partial charge in [-0.3, -0.25) is 0 Å². The second-order valence-corrected chi connectivity index (χ2v) is 6.82. The Morgan fingerprint density at radius 1 is 1.05 bits per heavy atom. The van der Waals surface area contributed by atoms with Gasteiger partial charge in [0.1, 0.15) is 0 Å². The van der Waals surface area contributed by atoms with Crippen LogP contribution in [0.25, 0.3) is 0 Å². The number of nitrogens with one attached hydrogen (secondary N) is 1. The van der Waals surface area contributed by atoms with Crippen molar-refractivity contribution in [2.24, 2.45) is 5.92 Å². The highest BCUT2D eigenvalue weighted by atomic mass is 32.1. The molecular formula is C18H25NOS.